The monoisotopic (exact) mass is 318 g/mol. The fraction of sp³-hybridized carbons (Fsp3) is 0.471. The summed E-state index contributed by atoms with van der Waals surface area (Å²) >= 11 is 0. The van der Waals surface area contributed by atoms with Crippen LogP contribution in [0.3, 0.4) is 0 Å². The van der Waals surface area contributed by atoms with E-state index in [1.54, 1.807) is 29.2 Å². The van der Waals surface area contributed by atoms with Crippen LogP contribution in [-0.4, -0.2) is 42.4 Å². The molecule has 1 fully saturated rings. The number of benzene rings is 1. The van der Waals surface area contributed by atoms with Crippen molar-refractivity contribution in [1.82, 2.24) is 10.2 Å². The summed E-state index contributed by atoms with van der Waals surface area (Å²) in [7, 11) is 1.33. The predicted octanol–water partition coefficient (Wildman–Crippen LogP) is 1.35. The minimum absolute atomic E-state index is 0.0302. The van der Waals surface area contributed by atoms with E-state index in [0.29, 0.717) is 18.7 Å². The first kappa shape index (κ1) is 17.0. The Hall–Kier alpha value is -2.37. The highest BCUT2D eigenvalue weighted by Crippen LogP contribution is 2.20. The molecule has 1 aromatic carbocycles. The van der Waals surface area contributed by atoms with Crippen molar-refractivity contribution in [2.24, 2.45) is 5.92 Å². The molecule has 6 nitrogen and oxygen atoms in total. The minimum atomic E-state index is -0.390. The third-order valence-electron chi connectivity index (χ3n) is 3.99. The largest absolute Gasteiger partial charge is 0.465 e. The van der Waals surface area contributed by atoms with Crippen LogP contribution in [0.25, 0.3) is 0 Å². The fourth-order valence-electron chi connectivity index (χ4n) is 2.62. The average molecular weight is 318 g/mol. The lowest BCUT2D eigenvalue weighted by molar-refractivity contribution is -0.130. The zero-order chi connectivity index (χ0) is 17.0. The molecule has 2 rings (SSSR count). The summed E-state index contributed by atoms with van der Waals surface area (Å²) < 4.78 is 4.64. The van der Waals surface area contributed by atoms with Gasteiger partial charge in [0.05, 0.1) is 18.6 Å². The van der Waals surface area contributed by atoms with Crippen molar-refractivity contribution >= 4 is 17.8 Å². The predicted molar refractivity (Wildman–Crippen MR) is 84.6 cm³/mol. The molecule has 0 aliphatic carbocycles. The number of carbonyl (C=O) groups is 3. The maximum absolute atomic E-state index is 12.2. The molecule has 0 radical (unpaired) electrons. The third-order valence-corrected chi connectivity index (χ3v) is 3.99. The number of esters is 1. The standard InChI is InChI=1S/C17H22N2O4/c1-11(2)19-10-14(8-15(19)20)16(21)18-9-12-4-6-13(7-5-12)17(22)23-3/h4-7,11,14H,8-10H2,1-3H3,(H,18,21). The van der Waals surface area contributed by atoms with Crippen molar-refractivity contribution < 1.29 is 19.1 Å². The number of hydrogen-bond acceptors (Lipinski definition) is 4. The smallest absolute Gasteiger partial charge is 0.337 e. The Morgan fingerprint density at radius 1 is 1.30 bits per heavy atom. The van der Waals surface area contributed by atoms with Gasteiger partial charge in [-0.2, -0.15) is 0 Å². The molecule has 124 valence electrons. The molecule has 1 aliphatic heterocycles. The normalized spacial score (nSPS) is 17.5. The Labute approximate surface area is 135 Å². The number of rotatable bonds is 5. The highest BCUT2D eigenvalue weighted by molar-refractivity contribution is 5.90. The number of ether oxygens (including phenoxy) is 1. The van der Waals surface area contributed by atoms with Gasteiger partial charge < -0.3 is 15.0 Å². The number of hydrogen-bond donors (Lipinski definition) is 1. The second-order valence-electron chi connectivity index (χ2n) is 5.95. The fourth-order valence-corrected chi connectivity index (χ4v) is 2.62. The van der Waals surface area contributed by atoms with Crippen LogP contribution in [0.5, 0.6) is 0 Å². The van der Waals surface area contributed by atoms with Gasteiger partial charge in [0.25, 0.3) is 0 Å². The van der Waals surface area contributed by atoms with Crippen LogP contribution in [0, 0.1) is 5.92 Å². The van der Waals surface area contributed by atoms with E-state index in [1.165, 1.54) is 7.11 Å². The molecule has 1 atom stereocenters. The molecule has 2 amide bonds. The van der Waals surface area contributed by atoms with E-state index < -0.39 is 0 Å². The number of methoxy groups -OCH3 is 1. The van der Waals surface area contributed by atoms with Crippen LogP contribution in [-0.2, 0) is 20.9 Å². The lowest BCUT2D eigenvalue weighted by atomic mass is 10.1. The summed E-state index contributed by atoms with van der Waals surface area (Å²) in [5.74, 6) is -0.765. The Morgan fingerprint density at radius 2 is 1.96 bits per heavy atom. The first-order chi connectivity index (χ1) is 10.9. The Balaban J connectivity index is 1.87. The third kappa shape index (κ3) is 4.09. The van der Waals surface area contributed by atoms with Crippen molar-refractivity contribution in [3.8, 4) is 0 Å². The molecule has 0 saturated carbocycles. The van der Waals surface area contributed by atoms with Crippen molar-refractivity contribution in [1.29, 1.82) is 0 Å². The van der Waals surface area contributed by atoms with Gasteiger partial charge in [-0.05, 0) is 31.5 Å². The molecular formula is C17H22N2O4. The van der Waals surface area contributed by atoms with Crippen LogP contribution in [0.2, 0.25) is 0 Å². The molecule has 1 saturated heterocycles. The maximum Gasteiger partial charge on any atom is 0.337 e. The second-order valence-corrected chi connectivity index (χ2v) is 5.95. The van der Waals surface area contributed by atoms with E-state index in [1.807, 2.05) is 13.8 Å². The van der Waals surface area contributed by atoms with Crippen LogP contribution >= 0.6 is 0 Å². The van der Waals surface area contributed by atoms with Gasteiger partial charge in [0, 0.05) is 25.6 Å². The first-order valence-corrected chi connectivity index (χ1v) is 7.66. The lowest BCUT2D eigenvalue weighted by Gasteiger charge is -2.20. The van der Waals surface area contributed by atoms with Crippen LogP contribution in [0.4, 0.5) is 0 Å². The Kier molecular flexibility index (Phi) is 5.36. The van der Waals surface area contributed by atoms with Gasteiger partial charge >= 0.3 is 5.97 Å². The van der Waals surface area contributed by atoms with Gasteiger partial charge in [-0.25, -0.2) is 4.79 Å². The zero-order valence-electron chi connectivity index (χ0n) is 13.7. The minimum Gasteiger partial charge on any atom is -0.465 e. The molecule has 1 aliphatic rings. The van der Waals surface area contributed by atoms with Crippen molar-refractivity contribution in [2.75, 3.05) is 13.7 Å². The van der Waals surface area contributed by atoms with Crippen molar-refractivity contribution in [3.63, 3.8) is 0 Å². The van der Waals surface area contributed by atoms with Crippen LogP contribution < -0.4 is 5.32 Å². The Morgan fingerprint density at radius 3 is 2.48 bits per heavy atom. The Bertz CT molecular complexity index is 595. The van der Waals surface area contributed by atoms with E-state index >= 15 is 0 Å². The summed E-state index contributed by atoms with van der Waals surface area (Å²) in [6.07, 6.45) is 0.269. The number of nitrogens with one attached hydrogen (secondary N) is 1. The highest BCUT2D eigenvalue weighted by atomic mass is 16.5. The van der Waals surface area contributed by atoms with E-state index in [2.05, 4.69) is 10.1 Å². The molecule has 23 heavy (non-hydrogen) atoms. The average Bonchev–Trinajstić information content (AvgIpc) is 2.94. The van der Waals surface area contributed by atoms with E-state index in [4.69, 9.17) is 0 Å². The molecule has 0 bridgehead atoms. The zero-order valence-corrected chi connectivity index (χ0v) is 13.7. The molecule has 6 heteroatoms. The molecule has 1 aromatic rings. The number of amides is 2. The van der Waals surface area contributed by atoms with Gasteiger partial charge in [0.2, 0.25) is 11.8 Å². The summed E-state index contributed by atoms with van der Waals surface area (Å²) in [5.41, 5.74) is 1.35. The van der Waals surface area contributed by atoms with Gasteiger partial charge in [-0.3, -0.25) is 9.59 Å². The van der Waals surface area contributed by atoms with E-state index in [0.717, 1.165) is 5.56 Å². The SMILES string of the molecule is COC(=O)c1ccc(CNC(=O)C2CC(=O)N(C(C)C)C2)cc1. The summed E-state index contributed by atoms with van der Waals surface area (Å²) in [6.45, 7) is 4.73. The van der Waals surface area contributed by atoms with E-state index in [9.17, 15) is 14.4 Å². The van der Waals surface area contributed by atoms with Gasteiger partial charge in [-0.15, -0.1) is 0 Å². The molecular weight excluding hydrogens is 296 g/mol. The topological polar surface area (TPSA) is 75.7 Å². The molecule has 1 heterocycles. The first-order valence-electron chi connectivity index (χ1n) is 7.66. The molecule has 0 spiro atoms. The summed E-state index contributed by atoms with van der Waals surface area (Å²) in [6, 6.07) is 6.98. The number of likely N-dealkylation sites (tertiary alicyclic amines) is 1. The second kappa shape index (κ2) is 7.26. The lowest BCUT2D eigenvalue weighted by Crippen LogP contribution is -2.35. The highest BCUT2D eigenvalue weighted by Gasteiger charge is 2.35. The van der Waals surface area contributed by atoms with Gasteiger partial charge in [-0.1, -0.05) is 12.1 Å². The summed E-state index contributed by atoms with van der Waals surface area (Å²) in [5, 5.41) is 2.85. The van der Waals surface area contributed by atoms with Gasteiger partial charge in [0.1, 0.15) is 0 Å². The number of carbonyl (C=O) groups excluding carboxylic acids is 3. The van der Waals surface area contributed by atoms with Crippen molar-refractivity contribution in [3.05, 3.63) is 35.4 Å². The molecule has 1 unspecified atom stereocenters. The van der Waals surface area contributed by atoms with Crippen molar-refractivity contribution in [2.45, 2.75) is 32.9 Å². The van der Waals surface area contributed by atoms with E-state index in [-0.39, 0.29) is 36.2 Å². The summed E-state index contributed by atoms with van der Waals surface area (Å²) in [4.78, 5) is 37.1. The maximum atomic E-state index is 12.2. The van der Waals surface area contributed by atoms with Gasteiger partial charge in [0.15, 0.2) is 0 Å². The quantitative estimate of drug-likeness (QED) is 0.832. The molecule has 1 N–H and O–H groups in total. The van der Waals surface area contributed by atoms with Crippen LogP contribution in [0.1, 0.15) is 36.2 Å². The molecule has 0 aromatic heterocycles. The number of nitrogens with zero attached hydrogens (tertiary/aromatic N) is 1. The van der Waals surface area contributed by atoms with Crippen LogP contribution in [0.15, 0.2) is 24.3 Å².